The molecular formula is C11H13BrO3. The topological polar surface area (TPSA) is 57.5 Å². The number of aliphatic hydroxyl groups excluding tert-OH is 2. The van der Waals surface area contributed by atoms with Gasteiger partial charge in [-0.1, -0.05) is 28.1 Å². The lowest BCUT2D eigenvalue weighted by Crippen LogP contribution is -2.20. The Morgan fingerprint density at radius 2 is 2.13 bits per heavy atom. The largest absolute Gasteiger partial charge is 0.389 e. The second-order valence-electron chi connectivity index (χ2n) is 3.40. The Kier molecular flexibility index (Phi) is 4.45. The van der Waals surface area contributed by atoms with Crippen molar-refractivity contribution in [2.45, 2.75) is 19.1 Å². The number of rotatable bonds is 4. The van der Waals surface area contributed by atoms with Gasteiger partial charge in [-0.15, -0.1) is 0 Å². The van der Waals surface area contributed by atoms with Gasteiger partial charge < -0.3 is 10.2 Å². The monoisotopic (exact) mass is 272 g/mol. The third kappa shape index (κ3) is 2.87. The fourth-order valence-electron chi connectivity index (χ4n) is 1.40. The van der Waals surface area contributed by atoms with Crippen molar-refractivity contribution in [2.75, 3.05) is 5.33 Å². The highest BCUT2D eigenvalue weighted by Gasteiger charge is 2.18. The van der Waals surface area contributed by atoms with E-state index < -0.39 is 12.2 Å². The smallest absolute Gasteiger partial charge is 0.150 e. The molecule has 0 saturated carbocycles. The first-order valence-electron chi connectivity index (χ1n) is 4.58. The fourth-order valence-corrected chi connectivity index (χ4v) is 1.75. The summed E-state index contributed by atoms with van der Waals surface area (Å²) in [6.45, 7) is 1.80. The van der Waals surface area contributed by atoms with E-state index in [-0.39, 0.29) is 0 Å². The Hall–Kier alpha value is -0.710. The van der Waals surface area contributed by atoms with E-state index in [0.29, 0.717) is 16.5 Å². The van der Waals surface area contributed by atoms with Crippen LogP contribution in [0.3, 0.4) is 0 Å². The maximum Gasteiger partial charge on any atom is 0.150 e. The van der Waals surface area contributed by atoms with E-state index in [9.17, 15) is 15.0 Å². The fraction of sp³-hybridized carbons (Fsp3) is 0.364. The molecule has 1 rings (SSSR count). The quantitative estimate of drug-likeness (QED) is 0.647. The van der Waals surface area contributed by atoms with E-state index in [4.69, 9.17) is 0 Å². The molecular weight excluding hydrogens is 260 g/mol. The van der Waals surface area contributed by atoms with Crippen LogP contribution < -0.4 is 0 Å². The van der Waals surface area contributed by atoms with Crippen molar-refractivity contribution in [1.29, 1.82) is 0 Å². The zero-order valence-corrected chi connectivity index (χ0v) is 9.94. The van der Waals surface area contributed by atoms with Crippen LogP contribution in [0.5, 0.6) is 0 Å². The number of carbonyl (C=O) groups is 1. The number of aldehydes is 1. The van der Waals surface area contributed by atoms with Crippen molar-refractivity contribution < 1.29 is 15.0 Å². The standard InChI is InChI=1S/C11H13BrO3/c1-7-4-8(6-13)2-3-9(7)11(15)10(14)5-12/h2-4,6,10-11,14-15H,5H2,1H3. The van der Waals surface area contributed by atoms with Crippen molar-refractivity contribution in [3.05, 3.63) is 34.9 Å². The average molecular weight is 273 g/mol. The molecule has 0 aliphatic carbocycles. The van der Waals surface area contributed by atoms with E-state index in [0.717, 1.165) is 11.8 Å². The average Bonchev–Trinajstić information content (AvgIpc) is 2.26. The molecule has 1 aromatic rings. The van der Waals surface area contributed by atoms with Crippen LogP contribution in [0.1, 0.15) is 27.6 Å². The highest BCUT2D eigenvalue weighted by molar-refractivity contribution is 9.09. The number of hydrogen-bond donors (Lipinski definition) is 2. The van der Waals surface area contributed by atoms with Crippen LogP contribution >= 0.6 is 15.9 Å². The van der Waals surface area contributed by atoms with Crippen LogP contribution in [-0.2, 0) is 0 Å². The van der Waals surface area contributed by atoms with Gasteiger partial charge in [-0.25, -0.2) is 0 Å². The first kappa shape index (κ1) is 12.4. The summed E-state index contributed by atoms with van der Waals surface area (Å²) in [7, 11) is 0. The van der Waals surface area contributed by atoms with Gasteiger partial charge in [0, 0.05) is 10.9 Å². The Morgan fingerprint density at radius 1 is 1.47 bits per heavy atom. The lowest BCUT2D eigenvalue weighted by Gasteiger charge is -2.18. The predicted octanol–water partition coefficient (Wildman–Crippen LogP) is 1.60. The third-order valence-corrected chi connectivity index (χ3v) is 2.93. The second kappa shape index (κ2) is 5.39. The van der Waals surface area contributed by atoms with Gasteiger partial charge in [0.05, 0.1) is 6.10 Å². The normalized spacial score (nSPS) is 14.7. The zero-order chi connectivity index (χ0) is 11.4. The summed E-state index contributed by atoms with van der Waals surface area (Å²) in [5, 5.41) is 19.5. The third-order valence-electron chi connectivity index (χ3n) is 2.27. The number of halogens is 1. The van der Waals surface area contributed by atoms with Crippen LogP contribution in [0, 0.1) is 6.92 Å². The minimum absolute atomic E-state index is 0.309. The molecule has 0 aliphatic rings. The molecule has 82 valence electrons. The summed E-state index contributed by atoms with van der Waals surface area (Å²) in [6.07, 6.45) is -1.01. The van der Waals surface area contributed by atoms with Crippen LogP contribution in [0.25, 0.3) is 0 Å². The number of aliphatic hydroxyl groups is 2. The molecule has 3 nitrogen and oxygen atoms in total. The molecule has 0 radical (unpaired) electrons. The molecule has 15 heavy (non-hydrogen) atoms. The van der Waals surface area contributed by atoms with E-state index >= 15 is 0 Å². The minimum Gasteiger partial charge on any atom is -0.389 e. The maximum absolute atomic E-state index is 10.5. The molecule has 0 bridgehead atoms. The molecule has 2 N–H and O–H groups in total. The minimum atomic E-state index is -0.926. The number of aryl methyl sites for hydroxylation is 1. The van der Waals surface area contributed by atoms with E-state index in [1.54, 1.807) is 25.1 Å². The number of benzene rings is 1. The molecule has 1 aromatic carbocycles. The molecule has 0 aromatic heterocycles. The van der Waals surface area contributed by atoms with Crippen LogP contribution in [-0.4, -0.2) is 27.9 Å². The van der Waals surface area contributed by atoms with E-state index in [1.165, 1.54) is 0 Å². The molecule has 0 amide bonds. The van der Waals surface area contributed by atoms with Gasteiger partial charge in [0.2, 0.25) is 0 Å². The van der Waals surface area contributed by atoms with Gasteiger partial charge in [-0.2, -0.15) is 0 Å². The van der Waals surface area contributed by atoms with Gasteiger partial charge in [0.15, 0.2) is 0 Å². The van der Waals surface area contributed by atoms with Crippen molar-refractivity contribution >= 4 is 22.2 Å². The van der Waals surface area contributed by atoms with E-state index in [1.807, 2.05) is 0 Å². The summed E-state index contributed by atoms with van der Waals surface area (Å²) in [6, 6.07) is 4.97. The summed E-state index contributed by atoms with van der Waals surface area (Å²) >= 11 is 3.10. The number of carbonyl (C=O) groups excluding carboxylic acids is 1. The highest BCUT2D eigenvalue weighted by Crippen LogP contribution is 2.22. The van der Waals surface area contributed by atoms with E-state index in [2.05, 4.69) is 15.9 Å². The van der Waals surface area contributed by atoms with Crippen molar-refractivity contribution in [3.8, 4) is 0 Å². The summed E-state index contributed by atoms with van der Waals surface area (Å²) in [4.78, 5) is 10.5. The molecule has 0 aliphatic heterocycles. The van der Waals surface area contributed by atoms with Crippen LogP contribution in [0.2, 0.25) is 0 Å². The van der Waals surface area contributed by atoms with Crippen LogP contribution in [0.15, 0.2) is 18.2 Å². The maximum atomic E-state index is 10.5. The van der Waals surface area contributed by atoms with Crippen molar-refractivity contribution in [3.63, 3.8) is 0 Å². The Balaban J connectivity index is 2.99. The Morgan fingerprint density at radius 3 is 2.60 bits per heavy atom. The Labute approximate surface area is 96.9 Å². The summed E-state index contributed by atoms with van der Waals surface area (Å²) in [5.41, 5.74) is 2.01. The van der Waals surface area contributed by atoms with Crippen LogP contribution in [0.4, 0.5) is 0 Å². The summed E-state index contributed by atoms with van der Waals surface area (Å²) in [5.74, 6) is 0. The second-order valence-corrected chi connectivity index (χ2v) is 4.05. The first-order valence-corrected chi connectivity index (χ1v) is 5.70. The number of hydrogen-bond acceptors (Lipinski definition) is 3. The molecule has 4 heteroatoms. The SMILES string of the molecule is Cc1cc(C=O)ccc1C(O)C(O)CBr. The van der Waals surface area contributed by atoms with Gasteiger partial charge in [0.1, 0.15) is 12.4 Å². The zero-order valence-electron chi connectivity index (χ0n) is 8.35. The molecule has 0 saturated heterocycles. The lowest BCUT2D eigenvalue weighted by atomic mass is 9.98. The molecule has 0 fully saturated rings. The molecule has 2 atom stereocenters. The lowest BCUT2D eigenvalue weighted by molar-refractivity contribution is 0.0339. The van der Waals surface area contributed by atoms with Crippen molar-refractivity contribution in [2.24, 2.45) is 0 Å². The van der Waals surface area contributed by atoms with Crippen molar-refractivity contribution in [1.82, 2.24) is 0 Å². The highest BCUT2D eigenvalue weighted by atomic mass is 79.9. The Bertz CT molecular complexity index is 352. The first-order chi connectivity index (χ1) is 7.10. The van der Waals surface area contributed by atoms with Gasteiger partial charge in [0.25, 0.3) is 0 Å². The molecule has 0 heterocycles. The summed E-state index contributed by atoms with van der Waals surface area (Å²) < 4.78 is 0. The predicted molar refractivity (Wildman–Crippen MR) is 61.3 cm³/mol. The van der Waals surface area contributed by atoms with Gasteiger partial charge >= 0.3 is 0 Å². The molecule has 0 spiro atoms. The molecule has 2 unspecified atom stereocenters. The van der Waals surface area contributed by atoms with Gasteiger partial charge in [-0.05, 0) is 24.1 Å². The number of alkyl halides is 1. The van der Waals surface area contributed by atoms with Gasteiger partial charge in [-0.3, -0.25) is 4.79 Å².